The Labute approximate surface area is 189 Å². The smallest absolute Gasteiger partial charge is 0.216 e. The van der Waals surface area contributed by atoms with Crippen molar-refractivity contribution < 1.29 is 28.5 Å². The quantitative estimate of drug-likeness (QED) is 0.402. The van der Waals surface area contributed by atoms with E-state index in [1.165, 1.54) is 48.9 Å². The Morgan fingerprint density at radius 2 is 1.75 bits per heavy atom. The highest BCUT2D eigenvalue weighted by Crippen LogP contribution is 2.46. The van der Waals surface area contributed by atoms with Crippen LogP contribution in [-0.2, 0) is 6.54 Å². The lowest BCUT2D eigenvalue weighted by Crippen LogP contribution is -3.00. The van der Waals surface area contributed by atoms with Crippen LogP contribution < -0.4 is 33.4 Å². The number of fused-ring (bicyclic) bond motifs is 2. The van der Waals surface area contributed by atoms with Gasteiger partial charge in [0.15, 0.2) is 0 Å². The maximum Gasteiger partial charge on any atom is 0.216 e. The molecule has 0 amide bonds. The van der Waals surface area contributed by atoms with Crippen molar-refractivity contribution in [2.75, 3.05) is 11.4 Å². The van der Waals surface area contributed by atoms with Gasteiger partial charge >= 0.3 is 0 Å². The topological polar surface area (TPSA) is 7.12 Å². The zero-order valence-electron chi connectivity index (χ0n) is 17.2. The average molecular weight is 502 g/mol. The molecule has 4 rings (SSSR count). The molecule has 1 aromatic heterocycles. The van der Waals surface area contributed by atoms with E-state index < -0.39 is 0 Å². The van der Waals surface area contributed by atoms with Gasteiger partial charge in [-0.2, -0.15) is 4.57 Å². The van der Waals surface area contributed by atoms with Gasteiger partial charge in [0.05, 0.1) is 10.7 Å². The number of hydrogen-bond donors (Lipinski definition) is 0. The van der Waals surface area contributed by atoms with Crippen LogP contribution in [0.25, 0.3) is 17.0 Å². The van der Waals surface area contributed by atoms with Crippen molar-refractivity contribution in [2.45, 2.75) is 46.1 Å². The molecule has 2 heterocycles. The monoisotopic (exact) mass is 502 g/mol. The van der Waals surface area contributed by atoms with E-state index in [0.29, 0.717) is 0 Å². The SMILES string of the molecule is CCN1/C(=C/c2cc(C)c3cc(C)cc(C)c3[n+]2CC)Sc2ccccc21.[I-]. The van der Waals surface area contributed by atoms with Crippen molar-refractivity contribution >= 4 is 34.4 Å². The zero-order chi connectivity index (χ0) is 19.1. The van der Waals surface area contributed by atoms with Crippen molar-refractivity contribution in [3.05, 3.63) is 69.9 Å². The predicted molar refractivity (Wildman–Crippen MR) is 117 cm³/mol. The molecule has 28 heavy (non-hydrogen) atoms. The lowest BCUT2D eigenvalue weighted by atomic mass is 10.0. The fraction of sp³-hybridized carbons (Fsp3) is 0.292. The highest BCUT2D eigenvalue weighted by molar-refractivity contribution is 8.03. The van der Waals surface area contributed by atoms with E-state index in [9.17, 15) is 0 Å². The van der Waals surface area contributed by atoms with Gasteiger partial charge in [-0.05, 0) is 70.0 Å². The zero-order valence-corrected chi connectivity index (χ0v) is 20.2. The van der Waals surface area contributed by atoms with E-state index in [4.69, 9.17) is 0 Å². The van der Waals surface area contributed by atoms with Crippen molar-refractivity contribution in [1.29, 1.82) is 0 Å². The van der Waals surface area contributed by atoms with Crippen LogP contribution in [0.2, 0.25) is 0 Å². The third-order valence-electron chi connectivity index (χ3n) is 5.36. The molecule has 0 saturated heterocycles. The third-order valence-corrected chi connectivity index (χ3v) is 6.47. The second kappa shape index (κ2) is 8.46. The summed E-state index contributed by atoms with van der Waals surface area (Å²) in [6, 6.07) is 15.6. The molecule has 0 atom stereocenters. The Bertz CT molecular complexity index is 1070. The van der Waals surface area contributed by atoms with Crippen LogP contribution in [-0.4, -0.2) is 6.54 Å². The minimum absolute atomic E-state index is 0. The number of rotatable bonds is 3. The fourth-order valence-corrected chi connectivity index (χ4v) is 5.37. The predicted octanol–water partition coefficient (Wildman–Crippen LogP) is 3.01. The van der Waals surface area contributed by atoms with Gasteiger partial charge in [-0.15, -0.1) is 0 Å². The first-order valence-electron chi connectivity index (χ1n) is 9.74. The third kappa shape index (κ3) is 3.57. The molecule has 0 unspecified atom stereocenters. The van der Waals surface area contributed by atoms with Crippen LogP contribution >= 0.6 is 11.8 Å². The van der Waals surface area contributed by atoms with Crippen molar-refractivity contribution in [1.82, 2.24) is 0 Å². The number of pyridine rings is 1. The van der Waals surface area contributed by atoms with Crippen LogP contribution in [0.5, 0.6) is 0 Å². The Balaban J connectivity index is 0.00000225. The molecule has 0 saturated carbocycles. The van der Waals surface area contributed by atoms with Gasteiger partial charge in [-0.25, -0.2) is 0 Å². The Hall–Kier alpha value is -1.53. The summed E-state index contributed by atoms with van der Waals surface area (Å²) in [5, 5.41) is 2.68. The Morgan fingerprint density at radius 1 is 1.00 bits per heavy atom. The van der Waals surface area contributed by atoms with Crippen molar-refractivity contribution in [3.63, 3.8) is 0 Å². The first kappa shape index (κ1) is 21.2. The molecule has 2 aromatic carbocycles. The van der Waals surface area contributed by atoms with Crippen LogP contribution in [0.1, 0.15) is 36.2 Å². The molecular formula is C24H27IN2S. The van der Waals surface area contributed by atoms with Crippen LogP contribution in [0.15, 0.2) is 52.4 Å². The molecule has 1 aliphatic heterocycles. The van der Waals surface area contributed by atoms with Crippen LogP contribution in [0.4, 0.5) is 5.69 Å². The number of nitrogens with zero attached hydrogens (tertiary/aromatic N) is 2. The Kier molecular flexibility index (Phi) is 6.40. The van der Waals surface area contributed by atoms with Gasteiger partial charge in [-0.3, -0.25) is 0 Å². The second-order valence-corrected chi connectivity index (χ2v) is 8.33. The number of aromatic nitrogens is 1. The highest BCUT2D eigenvalue weighted by atomic mass is 127. The summed E-state index contributed by atoms with van der Waals surface area (Å²) in [6.45, 7) is 13.1. The number of para-hydroxylation sites is 1. The van der Waals surface area contributed by atoms with Gasteiger partial charge in [0.25, 0.3) is 0 Å². The molecule has 0 radical (unpaired) electrons. The maximum atomic E-state index is 2.46. The van der Waals surface area contributed by atoms with Crippen LogP contribution in [0.3, 0.4) is 0 Å². The minimum atomic E-state index is 0. The minimum Gasteiger partial charge on any atom is -1.00 e. The number of aryl methyl sites for hydroxylation is 4. The molecule has 146 valence electrons. The fourth-order valence-electron chi connectivity index (χ4n) is 4.20. The second-order valence-electron chi connectivity index (χ2n) is 7.27. The Morgan fingerprint density at radius 3 is 2.46 bits per heavy atom. The van der Waals surface area contributed by atoms with Gasteiger partial charge in [-0.1, -0.05) is 23.9 Å². The molecule has 0 fully saturated rings. The summed E-state index contributed by atoms with van der Waals surface area (Å²) in [5.41, 5.74) is 7.99. The lowest BCUT2D eigenvalue weighted by molar-refractivity contribution is -0.669. The number of hydrogen-bond acceptors (Lipinski definition) is 2. The molecule has 0 N–H and O–H groups in total. The summed E-state index contributed by atoms with van der Waals surface area (Å²) in [7, 11) is 0. The van der Waals surface area contributed by atoms with Gasteiger partial charge in [0.1, 0.15) is 6.54 Å². The molecular weight excluding hydrogens is 475 g/mol. The van der Waals surface area contributed by atoms with Gasteiger partial charge < -0.3 is 28.9 Å². The highest BCUT2D eigenvalue weighted by Gasteiger charge is 2.26. The number of thioether (sulfide) groups is 1. The summed E-state index contributed by atoms with van der Waals surface area (Å²) >= 11 is 1.87. The van der Waals surface area contributed by atoms with E-state index in [1.54, 1.807) is 0 Å². The molecule has 3 aromatic rings. The van der Waals surface area contributed by atoms with Crippen molar-refractivity contribution in [2.24, 2.45) is 0 Å². The summed E-state index contributed by atoms with van der Waals surface area (Å²) < 4.78 is 2.46. The molecule has 0 bridgehead atoms. The molecule has 4 heteroatoms. The van der Waals surface area contributed by atoms with E-state index in [1.807, 2.05) is 11.8 Å². The standard InChI is InChI=1S/C24H27N2S.HI/c1-6-25-19(14-17(4)20-13-16(3)12-18(5)24(20)25)15-23-26(7-2)21-10-8-9-11-22(21)27-23;/h8-15H,6-7H2,1-5H3;1H/q+1;/p-1. The number of anilines is 1. The number of halogens is 1. The van der Waals surface area contributed by atoms with Crippen molar-refractivity contribution in [3.8, 4) is 0 Å². The molecule has 0 spiro atoms. The first-order chi connectivity index (χ1) is 13.0. The lowest BCUT2D eigenvalue weighted by Gasteiger charge is -2.18. The van der Waals surface area contributed by atoms with Gasteiger partial charge in [0.2, 0.25) is 11.2 Å². The normalized spacial score (nSPS) is 14.5. The first-order valence-corrected chi connectivity index (χ1v) is 10.6. The van der Waals surface area contributed by atoms with E-state index >= 15 is 0 Å². The summed E-state index contributed by atoms with van der Waals surface area (Å²) in [6.07, 6.45) is 2.36. The summed E-state index contributed by atoms with van der Waals surface area (Å²) in [5.74, 6) is 0. The number of benzene rings is 2. The van der Waals surface area contributed by atoms with E-state index in [-0.39, 0.29) is 24.0 Å². The van der Waals surface area contributed by atoms with Crippen LogP contribution in [0, 0.1) is 20.8 Å². The molecule has 2 nitrogen and oxygen atoms in total. The average Bonchev–Trinajstić information content (AvgIpc) is 2.99. The summed E-state index contributed by atoms with van der Waals surface area (Å²) in [4.78, 5) is 3.76. The van der Waals surface area contributed by atoms with E-state index in [0.717, 1.165) is 13.1 Å². The maximum absolute atomic E-state index is 2.46. The van der Waals surface area contributed by atoms with E-state index in [2.05, 4.69) is 92.6 Å². The molecule has 1 aliphatic rings. The largest absolute Gasteiger partial charge is 1.00 e. The van der Waals surface area contributed by atoms with Gasteiger partial charge in [0, 0.05) is 34.5 Å². The molecule has 0 aliphatic carbocycles.